The molecule has 1 heteroatoms. The van der Waals surface area contributed by atoms with Gasteiger partial charge in [-0.2, -0.15) is 0 Å². The van der Waals surface area contributed by atoms with Crippen molar-refractivity contribution < 1.29 is 4.79 Å². The summed E-state index contributed by atoms with van der Waals surface area (Å²) in [7, 11) is 0. The van der Waals surface area contributed by atoms with Crippen molar-refractivity contribution in [3.8, 4) is 0 Å². The fourth-order valence-corrected chi connectivity index (χ4v) is 1.41. The first kappa shape index (κ1) is 8.98. The van der Waals surface area contributed by atoms with Crippen LogP contribution in [0.3, 0.4) is 0 Å². The van der Waals surface area contributed by atoms with Crippen LogP contribution in [-0.4, -0.2) is 6.29 Å². The highest BCUT2D eigenvalue weighted by atomic mass is 16.1. The Bertz CT molecular complexity index is 265. The van der Waals surface area contributed by atoms with Gasteiger partial charge in [-0.15, -0.1) is 0 Å². The molecule has 0 bridgehead atoms. The van der Waals surface area contributed by atoms with E-state index in [9.17, 15) is 4.79 Å². The minimum absolute atomic E-state index is 0.351. The van der Waals surface area contributed by atoms with Crippen molar-refractivity contribution in [3.05, 3.63) is 35.4 Å². The molecule has 1 aromatic rings. The van der Waals surface area contributed by atoms with Gasteiger partial charge in [-0.3, -0.25) is 0 Å². The van der Waals surface area contributed by atoms with E-state index in [1.165, 1.54) is 11.1 Å². The lowest BCUT2D eigenvalue weighted by molar-refractivity contribution is -0.108. The first-order chi connectivity index (χ1) is 5.75. The molecular weight excluding hydrogens is 148 g/mol. The van der Waals surface area contributed by atoms with Crippen molar-refractivity contribution >= 4 is 6.29 Å². The van der Waals surface area contributed by atoms with Crippen LogP contribution in [0.4, 0.5) is 0 Å². The Labute approximate surface area is 73.4 Å². The minimum atomic E-state index is 0.351. The van der Waals surface area contributed by atoms with Gasteiger partial charge in [0, 0.05) is 6.42 Å². The largest absolute Gasteiger partial charge is 0.303 e. The lowest BCUT2D eigenvalue weighted by Gasteiger charge is -2.10. The molecule has 0 spiro atoms. The maximum atomic E-state index is 10.3. The van der Waals surface area contributed by atoms with Gasteiger partial charge in [-0.05, 0) is 24.0 Å². The van der Waals surface area contributed by atoms with E-state index < -0.39 is 0 Å². The number of aryl methyl sites for hydroxylation is 1. The Balaban J connectivity index is 2.86. The smallest absolute Gasteiger partial charge is 0.120 e. The molecule has 0 aliphatic rings. The summed E-state index contributed by atoms with van der Waals surface area (Å²) in [4.78, 5) is 10.3. The van der Waals surface area contributed by atoms with Crippen molar-refractivity contribution in [2.75, 3.05) is 0 Å². The van der Waals surface area contributed by atoms with Gasteiger partial charge >= 0.3 is 0 Å². The second-order valence-electron chi connectivity index (χ2n) is 3.16. The van der Waals surface area contributed by atoms with Crippen LogP contribution >= 0.6 is 0 Å². The zero-order valence-electron chi connectivity index (χ0n) is 7.58. The summed E-state index contributed by atoms with van der Waals surface area (Å²) >= 11 is 0. The molecule has 1 rings (SSSR count). The molecular formula is C11H14O. The third-order valence-electron chi connectivity index (χ3n) is 2.17. The second-order valence-corrected chi connectivity index (χ2v) is 3.16. The van der Waals surface area contributed by atoms with Crippen molar-refractivity contribution in [1.29, 1.82) is 0 Å². The van der Waals surface area contributed by atoms with Crippen LogP contribution in [0.2, 0.25) is 0 Å². The molecule has 0 fully saturated rings. The molecule has 12 heavy (non-hydrogen) atoms. The average Bonchev–Trinajstić information content (AvgIpc) is 2.05. The summed E-state index contributed by atoms with van der Waals surface area (Å²) in [5.41, 5.74) is 2.55. The lowest BCUT2D eigenvalue weighted by Crippen LogP contribution is -1.96. The molecule has 0 saturated heterocycles. The van der Waals surface area contributed by atoms with Crippen LogP contribution in [0.5, 0.6) is 0 Å². The molecule has 1 nitrogen and oxygen atoms in total. The van der Waals surface area contributed by atoms with Crippen LogP contribution < -0.4 is 0 Å². The number of benzene rings is 1. The maximum Gasteiger partial charge on any atom is 0.120 e. The summed E-state index contributed by atoms with van der Waals surface area (Å²) in [5.74, 6) is 0.351. The lowest BCUT2D eigenvalue weighted by atomic mass is 9.94. The van der Waals surface area contributed by atoms with E-state index in [0.717, 1.165) is 6.29 Å². The third-order valence-corrected chi connectivity index (χ3v) is 2.17. The Morgan fingerprint density at radius 1 is 1.42 bits per heavy atom. The number of hydrogen-bond acceptors (Lipinski definition) is 1. The molecule has 0 aliphatic carbocycles. The van der Waals surface area contributed by atoms with E-state index in [0.29, 0.717) is 12.3 Å². The Hall–Kier alpha value is -1.11. The number of aldehydes is 1. The molecule has 0 saturated carbocycles. The van der Waals surface area contributed by atoms with Gasteiger partial charge in [0.25, 0.3) is 0 Å². The van der Waals surface area contributed by atoms with Crippen LogP contribution in [0.1, 0.15) is 30.4 Å². The molecule has 1 atom stereocenters. The molecule has 0 aliphatic heterocycles. The van der Waals surface area contributed by atoms with E-state index in [-0.39, 0.29) is 0 Å². The SMILES string of the molecule is Cc1ccccc1[C@@H](C)CC=O. The zero-order valence-corrected chi connectivity index (χ0v) is 7.58. The molecule has 64 valence electrons. The van der Waals surface area contributed by atoms with Gasteiger partial charge in [0.05, 0.1) is 0 Å². The fraction of sp³-hybridized carbons (Fsp3) is 0.364. The van der Waals surface area contributed by atoms with Gasteiger partial charge in [-0.1, -0.05) is 31.2 Å². The van der Waals surface area contributed by atoms with Gasteiger partial charge in [-0.25, -0.2) is 0 Å². The minimum Gasteiger partial charge on any atom is -0.303 e. The molecule has 0 aromatic heterocycles. The van der Waals surface area contributed by atoms with Crippen LogP contribution in [0.15, 0.2) is 24.3 Å². The quantitative estimate of drug-likeness (QED) is 0.624. The molecule has 0 heterocycles. The summed E-state index contributed by atoms with van der Waals surface area (Å²) < 4.78 is 0. The van der Waals surface area contributed by atoms with Crippen molar-refractivity contribution in [2.24, 2.45) is 0 Å². The second kappa shape index (κ2) is 4.05. The Morgan fingerprint density at radius 3 is 2.67 bits per heavy atom. The zero-order chi connectivity index (χ0) is 8.97. The number of carbonyl (C=O) groups excluding carboxylic acids is 1. The molecule has 0 radical (unpaired) electrons. The number of carbonyl (C=O) groups is 1. The Kier molecular flexibility index (Phi) is 3.03. The maximum absolute atomic E-state index is 10.3. The van der Waals surface area contributed by atoms with E-state index in [2.05, 4.69) is 26.0 Å². The average molecular weight is 162 g/mol. The standard InChI is InChI=1S/C11H14O/c1-9-5-3-4-6-11(9)10(2)7-8-12/h3-6,8,10H,7H2,1-2H3/t10-/m0/s1. The van der Waals surface area contributed by atoms with Gasteiger partial charge in [0.2, 0.25) is 0 Å². The predicted molar refractivity (Wildman–Crippen MR) is 50.3 cm³/mol. The first-order valence-corrected chi connectivity index (χ1v) is 4.25. The van der Waals surface area contributed by atoms with E-state index >= 15 is 0 Å². The van der Waals surface area contributed by atoms with Gasteiger partial charge in [0.15, 0.2) is 0 Å². The normalized spacial score (nSPS) is 12.5. The summed E-state index contributed by atoms with van der Waals surface area (Å²) in [6.45, 7) is 4.16. The van der Waals surface area contributed by atoms with Crippen molar-refractivity contribution in [1.82, 2.24) is 0 Å². The summed E-state index contributed by atoms with van der Waals surface area (Å²) in [6, 6.07) is 8.20. The highest BCUT2D eigenvalue weighted by molar-refractivity contribution is 5.52. The van der Waals surface area contributed by atoms with Crippen LogP contribution in [0.25, 0.3) is 0 Å². The number of hydrogen-bond donors (Lipinski definition) is 0. The van der Waals surface area contributed by atoms with E-state index in [4.69, 9.17) is 0 Å². The fourth-order valence-electron chi connectivity index (χ4n) is 1.41. The van der Waals surface area contributed by atoms with Gasteiger partial charge < -0.3 is 4.79 Å². The van der Waals surface area contributed by atoms with Crippen molar-refractivity contribution in [2.45, 2.75) is 26.2 Å². The van der Waals surface area contributed by atoms with Crippen molar-refractivity contribution in [3.63, 3.8) is 0 Å². The summed E-state index contributed by atoms with van der Waals surface area (Å²) in [5, 5.41) is 0. The predicted octanol–water partition coefficient (Wildman–Crippen LogP) is 2.69. The third kappa shape index (κ3) is 1.94. The highest BCUT2D eigenvalue weighted by Gasteiger charge is 2.05. The van der Waals surface area contributed by atoms with Crippen LogP contribution in [-0.2, 0) is 4.79 Å². The first-order valence-electron chi connectivity index (χ1n) is 4.25. The number of rotatable bonds is 3. The van der Waals surface area contributed by atoms with E-state index in [1.807, 2.05) is 12.1 Å². The molecule has 0 N–H and O–H groups in total. The summed E-state index contributed by atoms with van der Waals surface area (Å²) in [6.07, 6.45) is 1.60. The molecule has 0 unspecified atom stereocenters. The monoisotopic (exact) mass is 162 g/mol. The van der Waals surface area contributed by atoms with E-state index in [1.54, 1.807) is 0 Å². The molecule has 0 amide bonds. The van der Waals surface area contributed by atoms with Crippen LogP contribution in [0, 0.1) is 6.92 Å². The topological polar surface area (TPSA) is 17.1 Å². The molecule has 1 aromatic carbocycles. The highest BCUT2D eigenvalue weighted by Crippen LogP contribution is 2.20. The Morgan fingerprint density at radius 2 is 2.08 bits per heavy atom. The van der Waals surface area contributed by atoms with Gasteiger partial charge in [0.1, 0.15) is 6.29 Å².